The highest BCUT2D eigenvalue weighted by molar-refractivity contribution is 5.83. The number of likely N-dealkylation sites (tertiary alicyclic amines) is 1. The van der Waals surface area contributed by atoms with Crippen molar-refractivity contribution in [3.8, 4) is 5.75 Å². The number of amides is 1. The Bertz CT molecular complexity index is 443. The molecule has 1 aliphatic rings. The van der Waals surface area contributed by atoms with Crippen molar-refractivity contribution in [2.24, 2.45) is 0 Å². The molecule has 1 heterocycles. The Balaban J connectivity index is 1.80. The second-order valence-corrected chi connectivity index (χ2v) is 4.71. The predicted molar refractivity (Wildman–Crippen MR) is 72.1 cm³/mol. The average Bonchev–Trinajstić information content (AvgIpc) is 2.46. The number of hydrogen-bond donors (Lipinski definition) is 0. The molecule has 0 aromatic heterocycles. The molecule has 1 aliphatic heterocycles. The van der Waals surface area contributed by atoms with Gasteiger partial charge in [0.15, 0.2) is 6.61 Å². The number of piperidine rings is 1. The van der Waals surface area contributed by atoms with Crippen LogP contribution in [0.2, 0.25) is 0 Å². The quantitative estimate of drug-likeness (QED) is 0.830. The van der Waals surface area contributed by atoms with Gasteiger partial charge in [0.25, 0.3) is 5.91 Å². The molecule has 1 fully saturated rings. The zero-order valence-electron chi connectivity index (χ0n) is 11.2. The lowest BCUT2D eigenvalue weighted by Crippen LogP contribution is -2.41. The normalized spacial score (nSPS) is 15.4. The summed E-state index contributed by atoms with van der Waals surface area (Å²) in [6.45, 7) is 3.18. The van der Waals surface area contributed by atoms with E-state index >= 15 is 0 Å². The van der Waals surface area contributed by atoms with Crippen LogP contribution in [0.3, 0.4) is 0 Å². The van der Waals surface area contributed by atoms with Gasteiger partial charge >= 0.3 is 0 Å². The SMILES string of the molecule is CCc1ccc(OCC(=O)N2CCC(=O)CC2)cc1. The maximum atomic E-state index is 11.9. The molecule has 0 spiro atoms. The minimum Gasteiger partial charge on any atom is -0.484 e. The number of Topliss-reactive ketones (excluding diaryl/α,β-unsaturated/α-hetero) is 1. The number of ether oxygens (including phenoxy) is 1. The number of ketones is 1. The first-order chi connectivity index (χ1) is 9.19. The topological polar surface area (TPSA) is 46.6 Å². The molecule has 0 saturated carbocycles. The lowest BCUT2D eigenvalue weighted by molar-refractivity contribution is -0.136. The van der Waals surface area contributed by atoms with Crippen molar-refractivity contribution in [2.75, 3.05) is 19.7 Å². The van der Waals surface area contributed by atoms with Gasteiger partial charge in [-0.05, 0) is 24.1 Å². The van der Waals surface area contributed by atoms with Crippen LogP contribution in [0.5, 0.6) is 5.75 Å². The van der Waals surface area contributed by atoms with E-state index in [4.69, 9.17) is 4.74 Å². The van der Waals surface area contributed by atoms with Gasteiger partial charge in [-0.15, -0.1) is 0 Å². The van der Waals surface area contributed by atoms with Crippen molar-refractivity contribution in [2.45, 2.75) is 26.2 Å². The molecule has 0 radical (unpaired) electrons. The van der Waals surface area contributed by atoms with Gasteiger partial charge in [-0.25, -0.2) is 0 Å². The fourth-order valence-corrected chi connectivity index (χ4v) is 2.06. The predicted octanol–water partition coefficient (Wildman–Crippen LogP) is 1.82. The molecule has 0 unspecified atom stereocenters. The maximum Gasteiger partial charge on any atom is 0.260 e. The van der Waals surface area contributed by atoms with E-state index < -0.39 is 0 Å². The van der Waals surface area contributed by atoms with Gasteiger partial charge in [-0.3, -0.25) is 9.59 Å². The van der Waals surface area contributed by atoms with Crippen LogP contribution in [-0.2, 0) is 16.0 Å². The van der Waals surface area contributed by atoms with Crippen LogP contribution in [0.1, 0.15) is 25.3 Å². The average molecular weight is 261 g/mol. The van der Waals surface area contributed by atoms with E-state index in [-0.39, 0.29) is 18.3 Å². The number of hydrogen-bond acceptors (Lipinski definition) is 3. The van der Waals surface area contributed by atoms with Crippen LogP contribution in [-0.4, -0.2) is 36.3 Å². The largest absolute Gasteiger partial charge is 0.484 e. The fraction of sp³-hybridized carbons (Fsp3) is 0.467. The zero-order chi connectivity index (χ0) is 13.7. The molecule has 1 saturated heterocycles. The molecule has 0 atom stereocenters. The molecule has 1 aromatic rings. The van der Waals surface area contributed by atoms with E-state index in [1.54, 1.807) is 4.90 Å². The van der Waals surface area contributed by atoms with Gasteiger partial charge in [0.1, 0.15) is 11.5 Å². The number of rotatable bonds is 4. The van der Waals surface area contributed by atoms with Gasteiger partial charge in [0.05, 0.1) is 0 Å². The Hall–Kier alpha value is -1.84. The van der Waals surface area contributed by atoms with Gasteiger partial charge in [-0.2, -0.15) is 0 Å². The first-order valence-corrected chi connectivity index (χ1v) is 6.70. The summed E-state index contributed by atoms with van der Waals surface area (Å²) in [5.41, 5.74) is 1.24. The van der Waals surface area contributed by atoms with Crippen LogP contribution < -0.4 is 4.74 Å². The van der Waals surface area contributed by atoms with Crippen molar-refractivity contribution in [1.29, 1.82) is 0 Å². The second kappa shape index (κ2) is 6.36. The van der Waals surface area contributed by atoms with Crippen LogP contribution in [0.25, 0.3) is 0 Å². The van der Waals surface area contributed by atoms with E-state index in [1.807, 2.05) is 24.3 Å². The van der Waals surface area contributed by atoms with Crippen LogP contribution >= 0.6 is 0 Å². The molecule has 102 valence electrons. The molecule has 19 heavy (non-hydrogen) atoms. The minimum absolute atomic E-state index is 0.0413. The monoisotopic (exact) mass is 261 g/mol. The van der Waals surface area contributed by atoms with Crippen molar-refractivity contribution < 1.29 is 14.3 Å². The smallest absolute Gasteiger partial charge is 0.260 e. The molecule has 1 amide bonds. The second-order valence-electron chi connectivity index (χ2n) is 4.71. The summed E-state index contributed by atoms with van der Waals surface area (Å²) in [5, 5.41) is 0. The van der Waals surface area contributed by atoms with Gasteiger partial charge < -0.3 is 9.64 Å². The number of aryl methyl sites for hydroxylation is 1. The summed E-state index contributed by atoms with van der Waals surface area (Å²) >= 11 is 0. The first-order valence-electron chi connectivity index (χ1n) is 6.70. The highest BCUT2D eigenvalue weighted by Crippen LogP contribution is 2.13. The molecular weight excluding hydrogens is 242 g/mol. The Labute approximate surface area is 113 Å². The lowest BCUT2D eigenvalue weighted by Gasteiger charge is -2.25. The maximum absolute atomic E-state index is 11.9. The Morgan fingerprint density at radius 3 is 2.42 bits per heavy atom. The summed E-state index contributed by atoms with van der Waals surface area (Å²) in [6.07, 6.45) is 1.93. The third kappa shape index (κ3) is 3.81. The summed E-state index contributed by atoms with van der Waals surface area (Å²) in [5.74, 6) is 0.894. The number of carbonyl (C=O) groups is 2. The van der Waals surface area contributed by atoms with Gasteiger partial charge in [0, 0.05) is 25.9 Å². The van der Waals surface area contributed by atoms with E-state index in [9.17, 15) is 9.59 Å². The lowest BCUT2D eigenvalue weighted by atomic mass is 10.1. The van der Waals surface area contributed by atoms with Crippen molar-refractivity contribution in [3.05, 3.63) is 29.8 Å². The Morgan fingerprint density at radius 1 is 1.21 bits per heavy atom. The summed E-state index contributed by atoms with van der Waals surface area (Å²) in [6, 6.07) is 7.76. The summed E-state index contributed by atoms with van der Waals surface area (Å²) in [7, 11) is 0. The van der Waals surface area contributed by atoms with Gasteiger partial charge in [0.2, 0.25) is 0 Å². The fourth-order valence-electron chi connectivity index (χ4n) is 2.06. The van der Waals surface area contributed by atoms with Crippen molar-refractivity contribution >= 4 is 11.7 Å². The molecule has 0 aliphatic carbocycles. The number of benzene rings is 1. The van der Waals surface area contributed by atoms with Crippen LogP contribution in [0.15, 0.2) is 24.3 Å². The Morgan fingerprint density at radius 2 is 1.84 bits per heavy atom. The Kier molecular flexibility index (Phi) is 4.55. The first kappa shape index (κ1) is 13.6. The molecule has 4 nitrogen and oxygen atoms in total. The van der Waals surface area contributed by atoms with Crippen LogP contribution in [0, 0.1) is 0 Å². The standard InChI is InChI=1S/C15H19NO3/c1-2-12-3-5-14(6-4-12)19-11-15(18)16-9-7-13(17)8-10-16/h3-6H,2,7-11H2,1H3. The molecule has 4 heteroatoms. The summed E-state index contributed by atoms with van der Waals surface area (Å²) < 4.78 is 5.47. The zero-order valence-corrected chi connectivity index (χ0v) is 11.2. The molecule has 1 aromatic carbocycles. The molecule has 0 bridgehead atoms. The molecule has 0 N–H and O–H groups in total. The van der Waals surface area contributed by atoms with E-state index in [2.05, 4.69) is 6.92 Å². The van der Waals surface area contributed by atoms with E-state index in [0.717, 1.165) is 6.42 Å². The van der Waals surface area contributed by atoms with E-state index in [1.165, 1.54) is 5.56 Å². The van der Waals surface area contributed by atoms with Crippen molar-refractivity contribution in [1.82, 2.24) is 4.90 Å². The van der Waals surface area contributed by atoms with Gasteiger partial charge in [-0.1, -0.05) is 19.1 Å². The number of carbonyl (C=O) groups excluding carboxylic acids is 2. The third-order valence-corrected chi connectivity index (χ3v) is 3.37. The highest BCUT2D eigenvalue weighted by Gasteiger charge is 2.20. The third-order valence-electron chi connectivity index (χ3n) is 3.37. The van der Waals surface area contributed by atoms with E-state index in [0.29, 0.717) is 31.7 Å². The molecule has 2 rings (SSSR count). The highest BCUT2D eigenvalue weighted by atomic mass is 16.5. The summed E-state index contributed by atoms with van der Waals surface area (Å²) in [4.78, 5) is 24.7. The number of nitrogens with zero attached hydrogens (tertiary/aromatic N) is 1. The minimum atomic E-state index is -0.0490. The van der Waals surface area contributed by atoms with Crippen LogP contribution in [0.4, 0.5) is 0 Å². The van der Waals surface area contributed by atoms with Crippen molar-refractivity contribution in [3.63, 3.8) is 0 Å². The molecular formula is C15H19NO3.